The maximum atomic E-state index is 13.1. The molecule has 1 aliphatic rings. The molecule has 1 fully saturated rings. The fourth-order valence-electron chi connectivity index (χ4n) is 4.37. The van der Waals surface area contributed by atoms with Crippen LogP contribution in [0.25, 0.3) is 22.3 Å². The molecule has 3 heterocycles. The minimum atomic E-state index is -0.294. The molecule has 2 aromatic heterocycles. The van der Waals surface area contributed by atoms with Gasteiger partial charge in [0.1, 0.15) is 17.3 Å². The van der Waals surface area contributed by atoms with E-state index in [-0.39, 0.29) is 11.7 Å². The van der Waals surface area contributed by atoms with E-state index in [9.17, 15) is 9.18 Å². The molecule has 5 rings (SSSR count). The lowest BCUT2D eigenvalue weighted by molar-refractivity contribution is 0.0677. The van der Waals surface area contributed by atoms with E-state index in [0.29, 0.717) is 17.3 Å². The highest BCUT2D eigenvalue weighted by atomic mass is 19.1. The molecule has 0 aliphatic carbocycles. The Kier molecular flexibility index (Phi) is 5.02. The van der Waals surface area contributed by atoms with E-state index in [1.54, 1.807) is 18.2 Å². The van der Waals surface area contributed by atoms with Gasteiger partial charge < -0.3 is 9.47 Å². The van der Waals surface area contributed by atoms with E-state index in [4.69, 9.17) is 0 Å². The summed E-state index contributed by atoms with van der Waals surface area (Å²) in [6.45, 7) is 4.42. The van der Waals surface area contributed by atoms with Crippen molar-refractivity contribution < 1.29 is 9.18 Å². The molecule has 2 aromatic carbocycles. The number of amides is 1. The summed E-state index contributed by atoms with van der Waals surface area (Å²) < 4.78 is 15.4. The number of nitrogens with zero attached hydrogens (tertiary/aromatic N) is 4. The Balaban J connectivity index is 1.23. The van der Waals surface area contributed by atoms with E-state index in [0.717, 1.165) is 49.4 Å². The highest BCUT2D eigenvalue weighted by Crippen LogP contribution is 2.25. The molecule has 0 saturated carbocycles. The largest absolute Gasteiger partial charge is 0.337 e. The summed E-state index contributed by atoms with van der Waals surface area (Å²) in [6, 6.07) is 16.1. The number of piperidine rings is 1. The number of carbonyl (C=O) groups excluding carboxylic acids is 1. The normalized spacial score (nSPS) is 15.0. The number of aryl methyl sites for hydroxylation is 1. The van der Waals surface area contributed by atoms with Crippen LogP contribution in [0.4, 0.5) is 4.39 Å². The Labute approximate surface area is 179 Å². The number of rotatable bonds is 4. The Morgan fingerprint density at radius 3 is 2.65 bits per heavy atom. The molecule has 0 spiro atoms. The van der Waals surface area contributed by atoms with Gasteiger partial charge in [0.2, 0.25) is 0 Å². The standard InChI is InChI=1S/C24H24FN5O/c1-16-26-20-4-2-3-5-23(20)30(16)15-17-10-12-29(13-11-17)24(31)22-14-21(27-28-22)18-6-8-19(25)9-7-18/h2-9,14,17H,10-13,15H2,1H3,(H,27,28). The number of aromatic amines is 1. The van der Waals surface area contributed by atoms with Crippen molar-refractivity contribution in [2.24, 2.45) is 5.92 Å². The van der Waals surface area contributed by atoms with Gasteiger partial charge in [0.15, 0.2) is 0 Å². The van der Waals surface area contributed by atoms with Crippen LogP contribution in [0.1, 0.15) is 29.2 Å². The van der Waals surface area contributed by atoms with Crippen LogP contribution in [0.2, 0.25) is 0 Å². The van der Waals surface area contributed by atoms with Crippen LogP contribution in [0.15, 0.2) is 54.6 Å². The number of para-hydroxylation sites is 2. The Morgan fingerprint density at radius 2 is 1.87 bits per heavy atom. The van der Waals surface area contributed by atoms with Gasteiger partial charge in [0.05, 0.1) is 16.7 Å². The zero-order valence-electron chi connectivity index (χ0n) is 17.4. The Hall–Kier alpha value is -3.48. The second-order valence-corrected chi connectivity index (χ2v) is 8.17. The van der Waals surface area contributed by atoms with Crippen LogP contribution < -0.4 is 0 Å². The molecule has 0 radical (unpaired) electrons. The van der Waals surface area contributed by atoms with Gasteiger partial charge in [-0.3, -0.25) is 9.89 Å². The molecule has 0 atom stereocenters. The van der Waals surface area contributed by atoms with Gasteiger partial charge in [-0.2, -0.15) is 5.10 Å². The number of carbonyl (C=O) groups is 1. The summed E-state index contributed by atoms with van der Waals surface area (Å²) in [4.78, 5) is 19.5. The number of halogens is 1. The zero-order chi connectivity index (χ0) is 21.4. The first-order valence-corrected chi connectivity index (χ1v) is 10.6. The Bertz CT molecular complexity index is 1220. The summed E-state index contributed by atoms with van der Waals surface area (Å²) >= 11 is 0. The van der Waals surface area contributed by atoms with Gasteiger partial charge in [0.25, 0.3) is 5.91 Å². The molecule has 7 heteroatoms. The summed E-state index contributed by atoms with van der Waals surface area (Å²) in [6.07, 6.45) is 1.91. The molecule has 1 amide bonds. The van der Waals surface area contributed by atoms with E-state index >= 15 is 0 Å². The first kappa shape index (κ1) is 19.5. The molecule has 158 valence electrons. The number of likely N-dealkylation sites (tertiary alicyclic amines) is 1. The molecular weight excluding hydrogens is 393 g/mol. The minimum Gasteiger partial charge on any atom is -0.337 e. The fraction of sp³-hybridized carbons (Fsp3) is 0.292. The van der Waals surface area contributed by atoms with E-state index < -0.39 is 0 Å². The fourth-order valence-corrected chi connectivity index (χ4v) is 4.37. The van der Waals surface area contributed by atoms with Crippen molar-refractivity contribution in [3.8, 4) is 11.3 Å². The van der Waals surface area contributed by atoms with Crippen molar-refractivity contribution >= 4 is 16.9 Å². The zero-order valence-corrected chi connectivity index (χ0v) is 17.4. The number of hydrogen-bond donors (Lipinski definition) is 1. The van der Waals surface area contributed by atoms with Crippen LogP contribution in [0.3, 0.4) is 0 Å². The van der Waals surface area contributed by atoms with Crippen LogP contribution >= 0.6 is 0 Å². The van der Waals surface area contributed by atoms with E-state index in [1.807, 2.05) is 23.1 Å². The first-order chi connectivity index (χ1) is 15.1. The smallest absolute Gasteiger partial charge is 0.271 e. The third kappa shape index (κ3) is 3.83. The number of H-pyrrole nitrogens is 1. The summed E-state index contributed by atoms with van der Waals surface area (Å²) in [5.41, 5.74) is 4.08. The molecule has 1 aliphatic heterocycles. The molecule has 4 aromatic rings. The highest BCUT2D eigenvalue weighted by molar-refractivity contribution is 5.93. The number of benzene rings is 2. The average molecular weight is 417 g/mol. The van der Waals surface area contributed by atoms with Crippen molar-refractivity contribution in [1.82, 2.24) is 24.6 Å². The maximum Gasteiger partial charge on any atom is 0.271 e. The summed E-state index contributed by atoms with van der Waals surface area (Å²) in [5, 5.41) is 7.07. The molecule has 0 bridgehead atoms. The summed E-state index contributed by atoms with van der Waals surface area (Å²) in [5.74, 6) is 1.21. The average Bonchev–Trinajstić information content (AvgIpc) is 3.40. The predicted octanol–water partition coefficient (Wildman–Crippen LogP) is 4.43. The van der Waals surface area contributed by atoms with Gasteiger partial charge in [-0.25, -0.2) is 9.37 Å². The SMILES string of the molecule is Cc1nc2ccccc2n1CC1CCN(C(=O)c2cc(-c3ccc(F)cc3)n[nH]2)CC1. The summed E-state index contributed by atoms with van der Waals surface area (Å²) in [7, 11) is 0. The lowest BCUT2D eigenvalue weighted by atomic mass is 9.96. The molecular formula is C24H24FN5O. The lowest BCUT2D eigenvalue weighted by Crippen LogP contribution is -2.39. The number of aromatic nitrogens is 4. The first-order valence-electron chi connectivity index (χ1n) is 10.6. The molecule has 31 heavy (non-hydrogen) atoms. The topological polar surface area (TPSA) is 66.8 Å². The van der Waals surface area contributed by atoms with Crippen LogP contribution in [-0.2, 0) is 6.54 Å². The van der Waals surface area contributed by atoms with Crippen molar-refractivity contribution in [2.75, 3.05) is 13.1 Å². The molecule has 0 unspecified atom stereocenters. The van der Waals surface area contributed by atoms with E-state index in [1.165, 1.54) is 17.6 Å². The number of nitrogens with one attached hydrogen (secondary N) is 1. The second-order valence-electron chi connectivity index (χ2n) is 8.17. The van der Waals surface area contributed by atoms with E-state index in [2.05, 4.69) is 32.7 Å². The lowest BCUT2D eigenvalue weighted by Gasteiger charge is -2.32. The van der Waals surface area contributed by atoms with Gasteiger partial charge in [-0.05, 0) is 68.1 Å². The quantitative estimate of drug-likeness (QED) is 0.534. The van der Waals surface area contributed by atoms with Crippen molar-refractivity contribution in [1.29, 1.82) is 0 Å². The third-order valence-corrected chi connectivity index (χ3v) is 6.14. The maximum absolute atomic E-state index is 13.1. The number of hydrogen-bond acceptors (Lipinski definition) is 3. The molecule has 1 saturated heterocycles. The predicted molar refractivity (Wildman–Crippen MR) is 117 cm³/mol. The van der Waals surface area contributed by atoms with Gasteiger partial charge in [-0.1, -0.05) is 12.1 Å². The van der Waals surface area contributed by atoms with Crippen LogP contribution in [-0.4, -0.2) is 43.6 Å². The minimum absolute atomic E-state index is 0.0384. The van der Waals surface area contributed by atoms with Gasteiger partial charge in [-0.15, -0.1) is 0 Å². The van der Waals surface area contributed by atoms with Crippen molar-refractivity contribution in [2.45, 2.75) is 26.3 Å². The third-order valence-electron chi connectivity index (χ3n) is 6.14. The second kappa shape index (κ2) is 7.98. The highest BCUT2D eigenvalue weighted by Gasteiger charge is 2.26. The van der Waals surface area contributed by atoms with Crippen LogP contribution in [0.5, 0.6) is 0 Å². The molecule has 1 N–H and O–H groups in total. The van der Waals surface area contributed by atoms with Crippen molar-refractivity contribution in [3.05, 3.63) is 71.9 Å². The Morgan fingerprint density at radius 1 is 1.13 bits per heavy atom. The number of fused-ring (bicyclic) bond motifs is 1. The van der Waals surface area contributed by atoms with Gasteiger partial charge in [0, 0.05) is 25.2 Å². The van der Waals surface area contributed by atoms with Crippen LogP contribution in [0, 0.1) is 18.7 Å². The molecule has 6 nitrogen and oxygen atoms in total. The number of imidazole rings is 1. The monoisotopic (exact) mass is 417 g/mol. The van der Waals surface area contributed by atoms with Crippen molar-refractivity contribution in [3.63, 3.8) is 0 Å². The van der Waals surface area contributed by atoms with Gasteiger partial charge >= 0.3 is 0 Å².